The minimum Gasteiger partial charge on any atom is -0.454 e. The van der Waals surface area contributed by atoms with Crippen LogP contribution in [0.2, 0.25) is 0 Å². The average molecular weight is 416 g/mol. The van der Waals surface area contributed by atoms with E-state index in [-0.39, 0.29) is 12.4 Å². The van der Waals surface area contributed by atoms with Crippen molar-refractivity contribution in [2.45, 2.75) is 32.6 Å². The van der Waals surface area contributed by atoms with Crippen molar-refractivity contribution in [3.05, 3.63) is 64.7 Å². The lowest BCUT2D eigenvalue weighted by Crippen LogP contribution is -2.34. The lowest BCUT2D eigenvalue weighted by Gasteiger charge is -2.29. The third kappa shape index (κ3) is 4.85. The van der Waals surface area contributed by atoms with Crippen molar-refractivity contribution in [2.24, 2.45) is 0 Å². The van der Waals surface area contributed by atoms with Crippen LogP contribution in [0.1, 0.15) is 58.0 Å². The molecule has 29 heavy (non-hydrogen) atoms. The van der Waals surface area contributed by atoms with Gasteiger partial charge in [0, 0.05) is 12.1 Å². The van der Waals surface area contributed by atoms with Crippen LogP contribution in [-0.2, 0) is 21.2 Å². The Labute approximate surface area is 171 Å². The first-order chi connectivity index (χ1) is 13.7. The summed E-state index contributed by atoms with van der Waals surface area (Å²) in [5.41, 5.74) is 3.34. The summed E-state index contributed by atoms with van der Waals surface area (Å²) in [4.78, 5) is 24.7. The highest BCUT2D eigenvalue weighted by Gasteiger charge is 2.25. The molecule has 7 heteroatoms. The highest BCUT2D eigenvalue weighted by atomic mass is 32.2. The van der Waals surface area contributed by atoms with Crippen LogP contribution in [0.25, 0.3) is 0 Å². The second-order valence-corrected chi connectivity index (χ2v) is 9.47. The van der Waals surface area contributed by atoms with Gasteiger partial charge in [-0.1, -0.05) is 26.0 Å². The molecule has 0 fully saturated rings. The fourth-order valence-corrected chi connectivity index (χ4v) is 4.38. The van der Waals surface area contributed by atoms with E-state index in [4.69, 9.17) is 4.74 Å². The van der Waals surface area contributed by atoms with Crippen LogP contribution < -0.4 is 4.31 Å². The van der Waals surface area contributed by atoms with Gasteiger partial charge >= 0.3 is 5.97 Å². The molecule has 0 bridgehead atoms. The molecule has 0 aromatic heterocycles. The van der Waals surface area contributed by atoms with E-state index >= 15 is 0 Å². The number of ether oxygens (including phenoxy) is 1. The lowest BCUT2D eigenvalue weighted by atomic mass is 9.99. The topological polar surface area (TPSA) is 80.8 Å². The minimum atomic E-state index is -3.35. The largest absolute Gasteiger partial charge is 0.454 e. The molecule has 0 atom stereocenters. The molecule has 1 heterocycles. The maximum absolute atomic E-state index is 12.5. The summed E-state index contributed by atoms with van der Waals surface area (Å²) < 4.78 is 30.4. The molecule has 2 aromatic carbocycles. The Bertz CT molecular complexity index is 1030. The molecule has 1 aliphatic heterocycles. The number of sulfonamides is 1. The lowest BCUT2D eigenvalue weighted by molar-refractivity contribution is 0.0474. The van der Waals surface area contributed by atoms with Gasteiger partial charge in [-0.3, -0.25) is 9.10 Å². The van der Waals surface area contributed by atoms with E-state index in [0.29, 0.717) is 42.1 Å². The summed E-state index contributed by atoms with van der Waals surface area (Å²) in [6, 6.07) is 12.1. The number of ketones is 1. The van der Waals surface area contributed by atoms with Gasteiger partial charge in [-0.05, 0) is 60.2 Å². The summed E-state index contributed by atoms with van der Waals surface area (Å²) in [5, 5.41) is 0. The fraction of sp³-hybridized carbons (Fsp3) is 0.364. The first kappa shape index (κ1) is 21.0. The van der Waals surface area contributed by atoms with E-state index in [9.17, 15) is 18.0 Å². The molecule has 1 aliphatic rings. The van der Waals surface area contributed by atoms with Crippen LogP contribution in [0.15, 0.2) is 42.5 Å². The van der Waals surface area contributed by atoms with Crippen LogP contribution in [0.4, 0.5) is 5.69 Å². The SMILES string of the molecule is CC(C)c1ccc(C(=O)OCC(=O)c2ccc3c(c2)CCCN3S(C)(=O)=O)cc1. The van der Waals surface area contributed by atoms with Crippen molar-refractivity contribution >= 4 is 27.5 Å². The van der Waals surface area contributed by atoms with Crippen molar-refractivity contribution in [3.63, 3.8) is 0 Å². The monoisotopic (exact) mass is 415 g/mol. The number of carbonyl (C=O) groups excluding carboxylic acids is 2. The number of carbonyl (C=O) groups is 2. The second kappa shape index (κ2) is 8.37. The number of hydrogen-bond donors (Lipinski definition) is 0. The number of aryl methyl sites for hydroxylation is 1. The summed E-state index contributed by atoms with van der Waals surface area (Å²) in [6.07, 6.45) is 2.57. The predicted octanol–water partition coefficient (Wildman–Crippen LogP) is 3.56. The molecule has 2 aromatic rings. The second-order valence-electron chi connectivity index (χ2n) is 7.56. The van der Waals surface area contributed by atoms with Crippen LogP contribution >= 0.6 is 0 Å². The highest BCUT2D eigenvalue weighted by Crippen LogP contribution is 2.30. The first-order valence-electron chi connectivity index (χ1n) is 9.57. The number of rotatable bonds is 6. The summed E-state index contributed by atoms with van der Waals surface area (Å²) >= 11 is 0. The fourth-order valence-electron chi connectivity index (χ4n) is 3.38. The molecular weight excluding hydrogens is 390 g/mol. The van der Waals surface area contributed by atoms with Gasteiger partial charge in [0.05, 0.1) is 17.5 Å². The van der Waals surface area contributed by atoms with Crippen LogP contribution in [0, 0.1) is 0 Å². The van der Waals surface area contributed by atoms with Crippen molar-refractivity contribution < 1.29 is 22.7 Å². The zero-order valence-corrected chi connectivity index (χ0v) is 17.7. The number of esters is 1. The number of hydrogen-bond acceptors (Lipinski definition) is 5. The Balaban J connectivity index is 1.67. The van der Waals surface area contributed by atoms with E-state index in [1.807, 2.05) is 12.1 Å². The Morgan fingerprint density at radius 3 is 2.34 bits per heavy atom. The number of anilines is 1. The Morgan fingerprint density at radius 2 is 1.72 bits per heavy atom. The van der Waals surface area contributed by atoms with Crippen molar-refractivity contribution in [2.75, 3.05) is 23.7 Å². The molecule has 0 unspecified atom stereocenters. The Hall–Kier alpha value is -2.67. The summed E-state index contributed by atoms with van der Waals surface area (Å²) in [5.74, 6) is -0.504. The normalized spacial score (nSPS) is 13.9. The van der Waals surface area contributed by atoms with E-state index in [0.717, 1.165) is 11.1 Å². The molecule has 0 N–H and O–H groups in total. The Morgan fingerprint density at radius 1 is 1.07 bits per heavy atom. The Kier molecular flexibility index (Phi) is 6.07. The van der Waals surface area contributed by atoms with Crippen molar-refractivity contribution in [1.29, 1.82) is 0 Å². The maximum Gasteiger partial charge on any atom is 0.338 e. The van der Waals surface area contributed by atoms with Crippen molar-refractivity contribution in [1.82, 2.24) is 0 Å². The number of Topliss-reactive ketones (excluding diaryl/α,β-unsaturated/α-hetero) is 1. The molecule has 0 aliphatic carbocycles. The van der Waals surface area contributed by atoms with E-state index < -0.39 is 16.0 Å². The number of nitrogens with zero attached hydrogens (tertiary/aromatic N) is 1. The first-order valence-corrected chi connectivity index (χ1v) is 11.4. The standard InChI is InChI=1S/C22H25NO5S/c1-15(2)16-6-8-17(9-7-16)22(25)28-14-21(24)19-10-11-20-18(13-19)5-4-12-23(20)29(3,26)27/h6-11,13,15H,4-5,12,14H2,1-3H3. The molecule has 0 radical (unpaired) electrons. The van der Waals surface area contributed by atoms with Gasteiger partial charge in [-0.25, -0.2) is 13.2 Å². The third-order valence-electron chi connectivity index (χ3n) is 5.03. The van der Waals surface area contributed by atoms with Gasteiger partial charge in [0.1, 0.15) is 0 Å². The van der Waals surface area contributed by atoms with E-state index in [1.54, 1.807) is 30.3 Å². The summed E-state index contributed by atoms with van der Waals surface area (Å²) in [7, 11) is -3.35. The van der Waals surface area contributed by atoms with Gasteiger partial charge in [-0.2, -0.15) is 0 Å². The van der Waals surface area contributed by atoms with Crippen LogP contribution in [0.3, 0.4) is 0 Å². The zero-order chi connectivity index (χ0) is 21.2. The van der Waals surface area contributed by atoms with Gasteiger partial charge in [-0.15, -0.1) is 0 Å². The number of benzene rings is 2. The molecule has 0 saturated carbocycles. The molecule has 0 amide bonds. The van der Waals surface area contributed by atoms with E-state index in [1.165, 1.54) is 10.6 Å². The molecule has 154 valence electrons. The van der Waals surface area contributed by atoms with E-state index in [2.05, 4.69) is 13.8 Å². The predicted molar refractivity (Wildman–Crippen MR) is 112 cm³/mol. The molecule has 0 saturated heterocycles. The van der Waals surface area contributed by atoms with Gasteiger partial charge in [0.15, 0.2) is 12.4 Å². The minimum absolute atomic E-state index is 0.323. The van der Waals surface area contributed by atoms with Crippen molar-refractivity contribution in [3.8, 4) is 0 Å². The van der Waals surface area contributed by atoms with Crippen LogP contribution in [0.5, 0.6) is 0 Å². The molecule has 3 rings (SSSR count). The molecule has 0 spiro atoms. The average Bonchev–Trinajstić information content (AvgIpc) is 2.70. The third-order valence-corrected chi connectivity index (χ3v) is 6.21. The molecule has 6 nitrogen and oxygen atoms in total. The quantitative estimate of drug-likeness (QED) is 0.532. The summed E-state index contributed by atoms with van der Waals surface area (Å²) in [6.45, 7) is 4.21. The van der Waals surface area contributed by atoms with Gasteiger partial charge in [0.2, 0.25) is 10.0 Å². The van der Waals surface area contributed by atoms with Gasteiger partial charge < -0.3 is 4.74 Å². The smallest absolute Gasteiger partial charge is 0.338 e. The zero-order valence-electron chi connectivity index (χ0n) is 16.8. The van der Waals surface area contributed by atoms with Crippen LogP contribution in [-0.4, -0.2) is 39.6 Å². The maximum atomic E-state index is 12.5. The highest BCUT2D eigenvalue weighted by molar-refractivity contribution is 7.92. The number of fused-ring (bicyclic) bond motifs is 1. The van der Waals surface area contributed by atoms with Gasteiger partial charge in [0.25, 0.3) is 0 Å². The molecular formula is C22H25NO5S.